The molecule has 2 rings (SSSR count). The zero-order valence-electron chi connectivity index (χ0n) is 10.6. The summed E-state index contributed by atoms with van der Waals surface area (Å²) in [4.78, 5) is 24.5. The highest BCUT2D eigenvalue weighted by Crippen LogP contribution is 2.19. The van der Waals surface area contributed by atoms with Crippen molar-refractivity contribution in [2.24, 2.45) is 0 Å². The number of imide groups is 1. The molecular weight excluding hydrogens is 246 g/mol. The number of phenolic OH excluding ortho intramolecular Hbond substituents is 1. The molecule has 5 nitrogen and oxygen atoms in total. The minimum Gasteiger partial charge on any atom is -0.508 e. The average Bonchev–Trinajstić information content (AvgIpc) is 2.74. The van der Waals surface area contributed by atoms with E-state index >= 15 is 0 Å². The lowest BCUT2D eigenvalue weighted by Crippen LogP contribution is -2.39. The molecule has 1 aromatic rings. The van der Waals surface area contributed by atoms with E-state index in [-0.39, 0.29) is 24.3 Å². The second kappa shape index (κ2) is 5.56. The SMILES string of the molecule is C/C=C/C(=O)N1C(=O)OC[C@@H]1Cc1ccc(O)cc1. The highest BCUT2D eigenvalue weighted by atomic mass is 16.6. The number of amides is 2. The average molecular weight is 261 g/mol. The highest BCUT2D eigenvalue weighted by molar-refractivity contribution is 5.99. The summed E-state index contributed by atoms with van der Waals surface area (Å²) in [6.45, 7) is 1.91. The zero-order valence-corrected chi connectivity index (χ0v) is 10.6. The van der Waals surface area contributed by atoms with Crippen LogP contribution in [0.5, 0.6) is 5.75 Å². The molecule has 5 heteroatoms. The van der Waals surface area contributed by atoms with Crippen molar-refractivity contribution in [3.05, 3.63) is 42.0 Å². The zero-order chi connectivity index (χ0) is 13.8. The van der Waals surface area contributed by atoms with Gasteiger partial charge in [-0.15, -0.1) is 0 Å². The maximum absolute atomic E-state index is 11.8. The molecule has 1 fully saturated rings. The third-order valence-corrected chi connectivity index (χ3v) is 2.92. The quantitative estimate of drug-likeness (QED) is 0.843. The van der Waals surface area contributed by atoms with Gasteiger partial charge in [-0.1, -0.05) is 18.2 Å². The predicted molar refractivity (Wildman–Crippen MR) is 68.6 cm³/mol. The van der Waals surface area contributed by atoms with Crippen molar-refractivity contribution in [3.8, 4) is 5.75 Å². The summed E-state index contributed by atoms with van der Waals surface area (Å²) in [5.41, 5.74) is 0.930. The first-order valence-corrected chi connectivity index (χ1v) is 6.02. The van der Waals surface area contributed by atoms with Gasteiger partial charge in [0.25, 0.3) is 5.91 Å². The maximum atomic E-state index is 11.8. The van der Waals surface area contributed by atoms with Crippen LogP contribution in [0.1, 0.15) is 12.5 Å². The Hall–Kier alpha value is -2.30. The number of benzene rings is 1. The number of hydrogen-bond acceptors (Lipinski definition) is 4. The minimum atomic E-state index is -0.605. The number of carbonyl (C=O) groups excluding carboxylic acids is 2. The van der Waals surface area contributed by atoms with Gasteiger partial charge in [-0.25, -0.2) is 9.69 Å². The van der Waals surface area contributed by atoms with E-state index in [9.17, 15) is 14.7 Å². The molecule has 1 aliphatic heterocycles. The Balaban J connectivity index is 2.12. The number of nitrogens with zero attached hydrogens (tertiary/aromatic N) is 1. The molecule has 100 valence electrons. The number of ether oxygens (including phenoxy) is 1. The lowest BCUT2D eigenvalue weighted by molar-refractivity contribution is -0.124. The monoisotopic (exact) mass is 261 g/mol. The van der Waals surface area contributed by atoms with Gasteiger partial charge in [-0.2, -0.15) is 0 Å². The van der Waals surface area contributed by atoms with Crippen LogP contribution >= 0.6 is 0 Å². The van der Waals surface area contributed by atoms with E-state index in [2.05, 4.69) is 0 Å². The summed E-state index contributed by atoms with van der Waals surface area (Å²) in [5.74, 6) is -0.182. The van der Waals surface area contributed by atoms with Crippen LogP contribution in [0.25, 0.3) is 0 Å². The Morgan fingerprint density at radius 3 is 2.79 bits per heavy atom. The normalized spacial score (nSPS) is 18.9. The number of allylic oxidation sites excluding steroid dienone is 1. The van der Waals surface area contributed by atoms with Crippen molar-refractivity contribution in [2.45, 2.75) is 19.4 Å². The predicted octanol–water partition coefficient (Wildman–Crippen LogP) is 1.86. The molecule has 19 heavy (non-hydrogen) atoms. The maximum Gasteiger partial charge on any atom is 0.417 e. The highest BCUT2D eigenvalue weighted by Gasteiger charge is 2.36. The molecule has 0 saturated carbocycles. The number of phenols is 1. The van der Waals surface area contributed by atoms with Crippen molar-refractivity contribution in [1.82, 2.24) is 4.90 Å². The van der Waals surface area contributed by atoms with Gasteiger partial charge >= 0.3 is 6.09 Å². The number of cyclic esters (lactones) is 1. The third kappa shape index (κ3) is 2.93. The Labute approximate surface area is 111 Å². The molecule has 1 heterocycles. The largest absolute Gasteiger partial charge is 0.508 e. The van der Waals surface area contributed by atoms with Crippen LogP contribution in [0.2, 0.25) is 0 Å². The Bertz CT molecular complexity index is 507. The van der Waals surface area contributed by atoms with Crippen molar-refractivity contribution >= 4 is 12.0 Å². The Morgan fingerprint density at radius 1 is 1.47 bits per heavy atom. The molecule has 1 aromatic carbocycles. The van der Waals surface area contributed by atoms with E-state index in [4.69, 9.17) is 4.74 Å². The first-order chi connectivity index (χ1) is 9.11. The number of hydrogen-bond donors (Lipinski definition) is 1. The minimum absolute atomic E-state index is 0.185. The standard InChI is InChI=1S/C14H15NO4/c1-2-3-13(17)15-11(9-19-14(15)18)8-10-4-6-12(16)7-5-10/h2-7,11,16H,8-9H2,1H3/b3-2+/t11-/m0/s1. The van der Waals surface area contributed by atoms with Gasteiger partial charge < -0.3 is 9.84 Å². The van der Waals surface area contributed by atoms with Crippen LogP contribution in [0, 0.1) is 0 Å². The van der Waals surface area contributed by atoms with Gasteiger partial charge in [0, 0.05) is 0 Å². The van der Waals surface area contributed by atoms with Crippen molar-refractivity contribution in [2.75, 3.05) is 6.61 Å². The molecule has 1 aliphatic rings. The second-order valence-corrected chi connectivity index (χ2v) is 4.31. The van der Waals surface area contributed by atoms with Gasteiger partial charge in [-0.05, 0) is 37.1 Å². The summed E-state index contributed by atoms with van der Waals surface area (Å²) in [5, 5.41) is 9.22. The molecule has 0 bridgehead atoms. The van der Waals surface area contributed by atoms with Gasteiger partial charge in [0.05, 0.1) is 6.04 Å². The third-order valence-electron chi connectivity index (χ3n) is 2.92. The fourth-order valence-electron chi connectivity index (χ4n) is 2.01. The molecular formula is C14H15NO4. The van der Waals surface area contributed by atoms with Crippen LogP contribution < -0.4 is 0 Å². The first-order valence-electron chi connectivity index (χ1n) is 6.02. The van der Waals surface area contributed by atoms with E-state index in [1.165, 1.54) is 6.08 Å². The molecule has 1 N–H and O–H groups in total. The van der Waals surface area contributed by atoms with Crippen molar-refractivity contribution < 1.29 is 19.4 Å². The van der Waals surface area contributed by atoms with Crippen molar-refractivity contribution in [3.63, 3.8) is 0 Å². The van der Waals surface area contributed by atoms with Crippen LogP contribution in [0.15, 0.2) is 36.4 Å². The van der Waals surface area contributed by atoms with Gasteiger partial charge in [-0.3, -0.25) is 4.79 Å². The Kier molecular flexibility index (Phi) is 3.85. The fourth-order valence-corrected chi connectivity index (χ4v) is 2.01. The van der Waals surface area contributed by atoms with Crippen LogP contribution in [-0.2, 0) is 16.0 Å². The molecule has 0 unspecified atom stereocenters. The van der Waals surface area contributed by atoms with Gasteiger partial charge in [0.2, 0.25) is 0 Å². The number of aromatic hydroxyl groups is 1. The summed E-state index contributed by atoms with van der Waals surface area (Å²) in [6, 6.07) is 6.36. The topological polar surface area (TPSA) is 66.8 Å². The van der Waals surface area contributed by atoms with E-state index < -0.39 is 6.09 Å². The first kappa shape index (κ1) is 13.1. The van der Waals surface area contributed by atoms with E-state index in [1.807, 2.05) is 0 Å². The Morgan fingerprint density at radius 2 is 2.16 bits per heavy atom. The molecule has 1 saturated heterocycles. The molecule has 1 atom stereocenters. The summed E-state index contributed by atoms with van der Waals surface area (Å²) in [6.07, 6.45) is 2.84. The molecule has 0 spiro atoms. The van der Waals surface area contributed by atoms with Crippen LogP contribution in [-0.4, -0.2) is 34.7 Å². The fraction of sp³-hybridized carbons (Fsp3) is 0.286. The summed E-state index contributed by atoms with van der Waals surface area (Å²) < 4.78 is 4.92. The van der Waals surface area contributed by atoms with Crippen molar-refractivity contribution in [1.29, 1.82) is 0 Å². The second-order valence-electron chi connectivity index (χ2n) is 4.31. The number of carbonyl (C=O) groups is 2. The summed E-state index contributed by atoms with van der Waals surface area (Å²) >= 11 is 0. The van der Waals surface area contributed by atoms with Crippen LogP contribution in [0.4, 0.5) is 4.79 Å². The van der Waals surface area contributed by atoms with E-state index in [1.54, 1.807) is 37.3 Å². The lowest BCUT2D eigenvalue weighted by atomic mass is 10.1. The summed E-state index contributed by atoms with van der Waals surface area (Å²) in [7, 11) is 0. The van der Waals surface area contributed by atoms with E-state index in [0.29, 0.717) is 6.42 Å². The lowest BCUT2D eigenvalue weighted by Gasteiger charge is -2.18. The number of rotatable bonds is 3. The molecule has 0 aliphatic carbocycles. The molecule has 0 aromatic heterocycles. The van der Waals surface area contributed by atoms with Crippen LogP contribution in [0.3, 0.4) is 0 Å². The van der Waals surface area contributed by atoms with E-state index in [0.717, 1.165) is 10.5 Å². The molecule has 2 amide bonds. The van der Waals surface area contributed by atoms with Gasteiger partial charge in [0.15, 0.2) is 0 Å². The van der Waals surface area contributed by atoms with Gasteiger partial charge in [0.1, 0.15) is 12.4 Å². The molecule has 0 radical (unpaired) electrons. The smallest absolute Gasteiger partial charge is 0.417 e.